The number of halogens is 3. The lowest BCUT2D eigenvalue weighted by atomic mass is 9.97. The Bertz CT molecular complexity index is 557. The molecule has 2 heterocycles. The van der Waals surface area contributed by atoms with E-state index in [-0.39, 0.29) is 5.92 Å². The summed E-state index contributed by atoms with van der Waals surface area (Å²) >= 11 is 0. The van der Waals surface area contributed by atoms with Gasteiger partial charge in [-0.25, -0.2) is 4.79 Å². The van der Waals surface area contributed by atoms with Crippen LogP contribution in [0.3, 0.4) is 0 Å². The molecule has 25 heavy (non-hydrogen) atoms. The summed E-state index contributed by atoms with van der Waals surface area (Å²) in [6.45, 7) is 1.56. The second-order valence-electron chi connectivity index (χ2n) is 7.09. The highest BCUT2D eigenvalue weighted by atomic mass is 19.4. The summed E-state index contributed by atoms with van der Waals surface area (Å²) in [4.78, 5) is 14.0. The molecule has 1 aliphatic carbocycles. The maximum Gasteiger partial charge on any atom is 0.408 e. The Kier molecular flexibility index (Phi) is 5.48. The van der Waals surface area contributed by atoms with Crippen molar-refractivity contribution in [1.29, 1.82) is 0 Å². The van der Waals surface area contributed by atoms with Gasteiger partial charge in [-0.05, 0) is 37.5 Å². The van der Waals surface area contributed by atoms with Crippen LogP contribution in [0.5, 0.6) is 0 Å². The number of nitrogens with one attached hydrogen (secondary N) is 1. The predicted octanol–water partition coefficient (Wildman–Crippen LogP) is 2.82. The fourth-order valence-electron chi connectivity index (χ4n) is 3.98. The number of urea groups is 1. The Morgan fingerprint density at radius 3 is 2.64 bits per heavy atom. The van der Waals surface area contributed by atoms with Crippen molar-refractivity contribution in [1.82, 2.24) is 25.2 Å². The standard InChI is InChI=1S/C16H24F3N5O/c17-16(18,19)14(13-5-1-2-6-13)21-15(25)23-8-3-4-12(10-23)11-24-9-7-20-22-24/h7,9,12-14H,1-6,8,10-11H2,(H,21,25). The van der Waals surface area contributed by atoms with Crippen LogP contribution >= 0.6 is 0 Å². The first-order chi connectivity index (χ1) is 11.9. The maximum atomic E-state index is 13.4. The monoisotopic (exact) mass is 359 g/mol. The molecule has 0 spiro atoms. The molecule has 9 heteroatoms. The first-order valence-corrected chi connectivity index (χ1v) is 8.90. The van der Waals surface area contributed by atoms with Crippen LogP contribution < -0.4 is 5.32 Å². The van der Waals surface area contributed by atoms with Crippen LogP contribution in [0, 0.1) is 11.8 Å². The largest absolute Gasteiger partial charge is 0.408 e. The van der Waals surface area contributed by atoms with E-state index < -0.39 is 24.2 Å². The Hall–Kier alpha value is -1.80. The van der Waals surface area contributed by atoms with Crippen molar-refractivity contribution in [3.05, 3.63) is 12.4 Å². The van der Waals surface area contributed by atoms with Gasteiger partial charge in [-0.3, -0.25) is 4.68 Å². The second kappa shape index (κ2) is 7.61. The number of nitrogens with zero attached hydrogens (tertiary/aromatic N) is 4. The van der Waals surface area contributed by atoms with Crippen molar-refractivity contribution < 1.29 is 18.0 Å². The molecule has 1 aliphatic heterocycles. The molecule has 6 nitrogen and oxygen atoms in total. The third-order valence-corrected chi connectivity index (χ3v) is 5.23. The summed E-state index contributed by atoms with van der Waals surface area (Å²) < 4.78 is 41.8. The molecule has 1 saturated carbocycles. The van der Waals surface area contributed by atoms with E-state index in [9.17, 15) is 18.0 Å². The number of carbonyl (C=O) groups is 1. The number of aromatic nitrogens is 3. The molecule has 0 aromatic carbocycles. The number of likely N-dealkylation sites (tertiary alicyclic amines) is 1. The first kappa shape index (κ1) is 18.0. The molecule has 2 atom stereocenters. The smallest absolute Gasteiger partial charge is 0.326 e. The van der Waals surface area contributed by atoms with Crippen LogP contribution in [0.15, 0.2) is 12.4 Å². The zero-order valence-electron chi connectivity index (χ0n) is 14.1. The number of piperidine rings is 1. The molecule has 1 N–H and O–H groups in total. The van der Waals surface area contributed by atoms with Crippen molar-refractivity contribution in [2.45, 2.75) is 57.3 Å². The van der Waals surface area contributed by atoms with Gasteiger partial charge in [0.15, 0.2) is 0 Å². The Balaban J connectivity index is 1.58. The van der Waals surface area contributed by atoms with Crippen LogP contribution in [-0.4, -0.2) is 51.2 Å². The molecular formula is C16H24F3N5O. The Morgan fingerprint density at radius 1 is 1.24 bits per heavy atom. The van der Waals surface area contributed by atoms with Crippen molar-refractivity contribution >= 4 is 6.03 Å². The number of rotatable bonds is 4. The minimum absolute atomic E-state index is 0.178. The number of hydrogen-bond acceptors (Lipinski definition) is 3. The molecule has 1 saturated heterocycles. The minimum Gasteiger partial charge on any atom is -0.326 e. The van der Waals surface area contributed by atoms with E-state index in [1.165, 1.54) is 4.90 Å². The molecule has 0 radical (unpaired) electrons. The third kappa shape index (κ3) is 4.64. The third-order valence-electron chi connectivity index (χ3n) is 5.23. The summed E-state index contributed by atoms with van der Waals surface area (Å²) in [5, 5.41) is 9.93. The van der Waals surface area contributed by atoms with E-state index in [0.29, 0.717) is 32.5 Å². The molecule has 2 amide bonds. The molecular weight excluding hydrogens is 335 g/mol. The molecule has 3 rings (SSSR count). The highest BCUT2D eigenvalue weighted by molar-refractivity contribution is 5.74. The summed E-state index contributed by atoms with van der Waals surface area (Å²) in [5.41, 5.74) is 0. The van der Waals surface area contributed by atoms with E-state index in [1.807, 2.05) is 0 Å². The van der Waals surface area contributed by atoms with Crippen LogP contribution in [0.25, 0.3) is 0 Å². The zero-order chi connectivity index (χ0) is 17.9. The fraction of sp³-hybridized carbons (Fsp3) is 0.812. The zero-order valence-corrected chi connectivity index (χ0v) is 14.1. The molecule has 0 bridgehead atoms. The number of alkyl halides is 3. The summed E-state index contributed by atoms with van der Waals surface area (Å²) in [5.74, 6) is -0.322. The van der Waals surface area contributed by atoms with Gasteiger partial charge in [-0.1, -0.05) is 18.1 Å². The minimum atomic E-state index is -4.40. The van der Waals surface area contributed by atoms with Crippen molar-refractivity contribution in [3.8, 4) is 0 Å². The van der Waals surface area contributed by atoms with Gasteiger partial charge in [0, 0.05) is 25.8 Å². The van der Waals surface area contributed by atoms with Crippen LogP contribution in [0.1, 0.15) is 38.5 Å². The lowest BCUT2D eigenvalue weighted by molar-refractivity contribution is -0.165. The van der Waals surface area contributed by atoms with E-state index in [0.717, 1.165) is 25.7 Å². The number of carbonyl (C=O) groups excluding carboxylic acids is 1. The van der Waals surface area contributed by atoms with Crippen LogP contribution in [-0.2, 0) is 6.54 Å². The molecule has 140 valence electrons. The van der Waals surface area contributed by atoms with Crippen LogP contribution in [0.4, 0.5) is 18.0 Å². The second-order valence-corrected chi connectivity index (χ2v) is 7.09. The normalized spacial score (nSPS) is 23.6. The number of hydrogen-bond donors (Lipinski definition) is 1. The van der Waals surface area contributed by atoms with Crippen molar-refractivity contribution in [2.24, 2.45) is 11.8 Å². The summed E-state index contributed by atoms with van der Waals surface area (Å²) in [6.07, 6.45) is 3.30. The molecule has 2 fully saturated rings. The lowest BCUT2D eigenvalue weighted by Gasteiger charge is -2.35. The first-order valence-electron chi connectivity index (χ1n) is 8.90. The predicted molar refractivity (Wildman–Crippen MR) is 84.7 cm³/mol. The van der Waals surface area contributed by atoms with Crippen LogP contribution in [0.2, 0.25) is 0 Å². The molecule has 2 unspecified atom stereocenters. The van der Waals surface area contributed by atoms with Gasteiger partial charge in [0.2, 0.25) is 0 Å². The fourth-order valence-corrected chi connectivity index (χ4v) is 3.98. The maximum absolute atomic E-state index is 13.4. The van der Waals surface area contributed by atoms with Gasteiger partial charge in [0.25, 0.3) is 0 Å². The molecule has 2 aliphatic rings. The topological polar surface area (TPSA) is 63.1 Å². The molecule has 1 aromatic rings. The van der Waals surface area contributed by atoms with Crippen molar-refractivity contribution in [3.63, 3.8) is 0 Å². The van der Waals surface area contributed by atoms with E-state index in [2.05, 4.69) is 15.6 Å². The van der Waals surface area contributed by atoms with E-state index >= 15 is 0 Å². The lowest BCUT2D eigenvalue weighted by Crippen LogP contribution is -2.55. The van der Waals surface area contributed by atoms with Gasteiger partial charge in [-0.2, -0.15) is 13.2 Å². The SMILES string of the molecule is O=C(NC(C1CCCC1)C(F)(F)F)N1CCCC(Cn2ccnn2)C1. The summed E-state index contributed by atoms with van der Waals surface area (Å²) in [7, 11) is 0. The van der Waals surface area contributed by atoms with E-state index in [1.54, 1.807) is 17.1 Å². The highest BCUT2D eigenvalue weighted by Gasteiger charge is 2.46. The quantitative estimate of drug-likeness (QED) is 0.899. The average molecular weight is 359 g/mol. The summed E-state index contributed by atoms with van der Waals surface area (Å²) in [6, 6.07) is -2.34. The van der Waals surface area contributed by atoms with Gasteiger partial charge in [-0.15, -0.1) is 5.10 Å². The highest BCUT2D eigenvalue weighted by Crippen LogP contribution is 2.35. The van der Waals surface area contributed by atoms with Gasteiger partial charge >= 0.3 is 12.2 Å². The average Bonchev–Trinajstić information content (AvgIpc) is 3.25. The Morgan fingerprint density at radius 2 is 2.00 bits per heavy atom. The van der Waals surface area contributed by atoms with Gasteiger partial charge < -0.3 is 10.2 Å². The number of amides is 2. The van der Waals surface area contributed by atoms with Gasteiger partial charge in [0.05, 0.1) is 6.20 Å². The van der Waals surface area contributed by atoms with Crippen molar-refractivity contribution in [2.75, 3.05) is 13.1 Å². The molecule has 1 aromatic heterocycles. The Labute approximate surface area is 144 Å². The van der Waals surface area contributed by atoms with E-state index in [4.69, 9.17) is 0 Å². The van der Waals surface area contributed by atoms with Gasteiger partial charge in [0.1, 0.15) is 6.04 Å².